The average molecular weight is 358 g/mol. The molecule has 3 amide bonds. The van der Waals surface area contributed by atoms with Crippen molar-refractivity contribution in [2.24, 2.45) is 0 Å². The van der Waals surface area contributed by atoms with Gasteiger partial charge in [0, 0.05) is 17.3 Å². The van der Waals surface area contributed by atoms with Crippen LogP contribution in [-0.4, -0.2) is 22.8 Å². The molecule has 4 rings (SSSR count). The lowest BCUT2D eigenvalue weighted by atomic mass is 10.1. The molecular weight excluding hydrogens is 344 g/mol. The van der Waals surface area contributed by atoms with E-state index in [2.05, 4.69) is 5.32 Å². The molecule has 0 saturated heterocycles. The first-order valence-corrected chi connectivity index (χ1v) is 8.23. The number of amides is 3. The van der Waals surface area contributed by atoms with Crippen LogP contribution >= 0.6 is 0 Å². The molecule has 0 saturated carbocycles. The molecule has 3 aromatic carbocycles. The van der Waals surface area contributed by atoms with Crippen molar-refractivity contribution < 1.29 is 19.5 Å². The maximum Gasteiger partial charge on any atom is 0.266 e. The Labute approximate surface area is 154 Å². The van der Waals surface area contributed by atoms with Crippen molar-refractivity contribution in [2.75, 3.05) is 10.2 Å². The quantitative estimate of drug-likeness (QED) is 0.702. The third-order valence-electron chi connectivity index (χ3n) is 4.27. The van der Waals surface area contributed by atoms with Crippen molar-refractivity contribution in [3.05, 3.63) is 89.5 Å². The minimum absolute atomic E-state index is 0.0418. The van der Waals surface area contributed by atoms with Crippen LogP contribution in [-0.2, 0) is 0 Å². The van der Waals surface area contributed by atoms with Crippen LogP contribution in [0.3, 0.4) is 0 Å². The molecule has 0 radical (unpaired) electrons. The summed E-state index contributed by atoms with van der Waals surface area (Å²) in [4.78, 5) is 38.6. The molecule has 1 aliphatic heterocycles. The van der Waals surface area contributed by atoms with Crippen molar-refractivity contribution in [1.29, 1.82) is 0 Å². The standard InChI is InChI=1S/C21H14N2O4/c24-16-8-4-7-15(12-16)23-20(26)17-10-9-14(11-18(17)21(23)27)22-19(25)13-5-2-1-3-6-13/h1-12,24H,(H,22,25). The van der Waals surface area contributed by atoms with Gasteiger partial charge in [0.15, 0.2) is 0 Å². The highest BCUT2D eigenvalue weighted by atomic mass is 16.3. The minimum Gasteiger partial charge on any atom is -0.508 e. The van der Waals surface area contributed by atoms with Gasteiger partial charge in [0.2, 0.25) is 0 Å². The molecule has 6 heteroatoms. The third-order valence-corrected chi connectivity index (χ3v) is 4.27. The maximum atomic E-state index is 12.7. The van der Waals surface area contributed by atoms with Crippen LogP contribution in [0.2, 0.25) is 0 Å². The van der Waals surface area contributed by atoms with Gasteiger partial charge in [-0.25, -0.2) is 4.90 Å². The Bertz CT molecular complexity index is 1080. The second kappa shape index (κ2) is 6.42. The summed E-state index contributed by atoms with van der Waals surface area (Å²) in [6.07, 6.45) is 0. The van der Waals surface area contributed by atoms with E-state index in [0.29, 0.717) is 11.3 Å². The van der Waals surface area contributed by atoms with Gasteiger partial charge in [-0.3, -0.25) is 14.4 Å². The van der Waals surface area contributed by atoms with Gasteiger partial charge >= 0.3 is 0 Å². The first-order chi connectivity index (χ1) is 13.0. The first-order valence-electron chi connectivity index (χ1n) is 8.23. The molecule has 0 unspecified atom stereocenters. The lowest BCUT2D eigenvalue weighted by Crippen LogP contribution is -2.29. The fourth-order valence-corrected chi connectivity index (χ4v) is 2.98. The number of phenols is 1. The molecule has 0 bridgehead atoms. The molecule has 6 nitrogen and oxygen atoms in total. The summed E-state index contributed by atoms with van der Waals surface area (Å²) in [5.41, 5.74) is 1.65. The van der Waals surface area contributed by atoms with Crippen molar-refractivity contribution >= 4 is 29.1 Å². The fourth-order valence-electron chi connectivity index (χ4n) is 2.98. The maximum absolute atomic E-state index is 12.7. The Morgan fingerprint density at radius 3 is 2.30 bits per heavy atom. The smallest absolute Gasteiger partial charge is 0.266 e. The fraction of sp³-hybridized carbons (Fsp3) is 0. The number of imide groups is 1. The van der Waals surface area contributed by atoms with Crippen molar-refractivity contribution in [1.82, 2.24) is 0 Å². The molecule has 1 heterocycles. The van der Waals surface area contributed by atoms with Gasteiger partial charge in [-0.05, 0) is 42.5 Å². The summed E-state index contributed by atoms with van der Waals surface area (Å²) in [5, 5.41) is 12.3. The monoisotopic (exact) mass is 358 g/mol. The first kappa shape index (κ1) is 16.5. The molecule has 0 aromatic heterocycles. The lowest BCUT2D eigenvalue weighted by Gasteiger charge is -2.13. The number of carbonyl (C=O) groups is 3. The minimum atomic E-state index is -0.503. The van der Waals surface area contributed by atoms with Crippen LogP contribution < -0.4 is 10.2 Å². The summed E-state index contributed by atoms with van der Waals surface area (Å²) in [5.74, 6) is -1.32. The third kappa shape index (κ3) is 2.93. The van der Waals surface area contributed by atoms with Crippen LogP contribution in [0.15, 0.2) is 72.8 Å². The molecule has 0 aliphatic carbocycles. The molecule has 3 aromatic rings. The summed E-state index contributed by atoms with van der Waals surface area (Å²) in [7, 11) is 0. The second-order valence-corrected chi connectivity index (χ2v) is 6.05. The number of fused-ring (bicyclic) bond motifs is 1. The van der Waals surface area contributed by atoms with Crippen LogP contribution in [0.1, 0.15) is 31.1 Å². The molecule has 2 N–H and O–H groups in total. The summed E-state index contributed by atoms with van der Waals surface area (Å²) in [6.45, 7) is 0. The molecule has 1 aliphatic rings. The summed E-state index contributed by atoms with van der Waals surface area (Å²) >= 11 is 0. The number of phenolic OH excluding ortho intramolecular Hbond substituents is 1. The van der Waals surface area contributed by atoms with Gasteiger partial charge in [0.05, 0.1) is 16.8 Å². The second-order valence-electron chi connectivity index (χ2n) is 6.05. The number of nitrogens with one attached hydrogen (secondary N) is 1. The largest absolute Gasteiger partial charge is 0.508 e. The Morgan fingerprint density at radius 2 is 1.56 bits per heavy atom. The Kier molecular flexibility index (Phi) is 3.93. The summed E-state index contributed by atoms with van der Waals surface area (Å²) in [6, 6.07) is 19.2. The van der Waals surface area contributed by atoms with Gasteiger partial charge in [-0.1, -0.05) is 24.3 Å². The van der Waals surface area contributed by atoms with E-state index in [1.807, 2.05) is 6.07 Å². The van der Waals surface area contributed by atoms with E-state index in [1.165, 1.54) is 24.3 Å². The number of rotatable bonds is 3. The van der Waals surface area contributed by atoms with Crippen molar-refractivity contribution in [3.8, 4) is 5.75 Å². The van der Waals surface area contributed by atoms with Crippen LogP contribution in [0.4, 0.5) is 11.4 Å². The van der Waals surface area contributed by atoms with Gasteiger partial charge in [0.1, 0.15) is 5.75 Å². The van der Waals surface area contributed by atoms with Gasteiger partial charge in [-0.15, -0.1) is 0 Å². The zero-order valence-corrected chi connectivity index (χ0v) is 14.0. The summed E-state index contributed by atoms with van der Waals surface area (Å²) < 4.78 is 0. The number of benzene rings is 3. The van der Waals surface area contributed by atoms with E-state index >= 15 is 0 Å². The predicted octanol–water partition coefficient (Wildman–Crippen LogP) is 3.45. The average Bonchev–Trinajstić information content (AvgIpc) is 2.92. The van der Waals surface area contributed by atoms with Crippen molar-refractivity contribution in [2.45, 2.75) is 0 Å². The topological polar surface area (TPSA) is 86.7 Å². The zero-order chi connectivity index (χ0) is 19.0. The molecule has 0 fully saturated rings. The molecule has 132 valence electrons. The molecule has 0 atom stereocenters. The van der Waals surface area contributed by atoms with E-state index in [-0.39, 0.29) is 28.5 Å². The lowest BCUT2D eigenvalue weighted by molar-refractivity contribution is 0.0924. The molecular formula is C21H14N2O4. The highest BCUT2D eigenvalue weighted by Gasteiger charge is 2.37. The SMILES string of the molecule is O=C(Nc1ccc2c(c1)C(=O)N(c1cccc(O)c1)C2=O)c1ccccc1. The van der Waals surface area contributed by atoms with E-state index in [9.17, 15) is 19.5 Å². The Morgan fingerprint density at radius 1 is 0.815 bits per heavy atom. The van der Waals surface area contributed by atoms with Crippen LogP contribution in [0, 0.1) is 0 Å². The molecule has 27 heavy (non-hydrogen) atoms. The van der Waals surface area contributed by atoms with E-state index in [0.717, 1.165) is 4.90 Å². The van der Waals surface area contributed by atoms with E-state index in [4.69, 9.17) is 0 Å². The van der Waals surface area contributed by atoms with Gasteiger partial charge in [0.25, 0.3) is 17.7 Å². The Balaban J connectivity index is 1.64. The van der Waals surface area contributed by atoms with Gasteiger partial charge in [-0.2, -0.15) is 0 Å². The van der Waals surface area contributed by atoms with Crippen molar-refractivity contribution in [3.63, 3.8) is 0 Å². The number of nitrogens with zero attached hydrogens (tertiary/aromatic N) is 1. The normalized spacial score (nSPS) is 12.8. The number of hydrogen-bond acceptors (Lipinski definition) is 4. The van der Waals surface area contributed by atoms with E-state index < -0.39 is 11.8 Å². The molecule has 0 spiro atoms. The highest BCUT2D eigenvalue weighted by molar-refractivity contribution is 6.34. The predicted molar refractivity (Wildman–Crippen MR) is 100 cm³/mol. The van der Waals surface area contributed by atoms with E-state index in [1.54, 1.807) is 42.5 Å². The number of anilines is 2. The van der Waals surface area contributed by atoms with Crippen LogP contribution in [0.25, 0.3) is 0 Å². The highest BCUT2D eigenvalue weighted by Crippen LogP contribution is 2.31. The Hall–Kier alpha value is -3.93. The number of aromatic hydroxyl groups is 1. The number of hydrogen-bond donors (Lipinski definition) is 2. The number of carbonyl (C=O) groups excluding carboxylic acids is 3. The van der Waals surface area contributed by atoms with Crippen LogP contribution in [0.5, 0.6) is 5.75 Å². The van der Waals surface area contributed by atoms with Gasteiger partial charge < -0.3 is 10.4 Å². The zero-order valence-electron chi connectivity index (χ0n) is 14.0.